The second-order valence-corrected chi connectivity index (χ2v) is 8.09. The number of amides is 1. The van der Waals surface area contributed by atoms with Gasteiger partial charge in [0.05, 0.1) is 35.7 Å². The van der Waals surface area contributed by atoms with E-state index in [9.17, 15) is 19.6 Å². The summed E-state index contributed by atoms with van der Waals surface area (Å²) in [4.78, 5) is 38.4. The van der Waals surface area contributed by atoms with Crippen LogP contribution in [0.5, 0.6) is 0 Å². The molecule has 3 rings (SSSR count). The van der Waals surface area contributed by atoms with E-state index in [1.54, 1.807) is 22.9 Å². The summed E-state index contributed by atoms with van der Waals surface area (Å²) in [5.74, 6) is -3.54. The number of aromatic nitrogens is 2. The van der Waals surface area contributed by atoms with E-state index in [1.165, 1.54) is 0 Å². The highest BCUT2D eigenvalue weighted by atomic mass is 79.9. The van der Waals surface area contributed by atoms with Gasteiger partial charge in [-0.1, -0.05) is 36.0 Å². The van der Waals surface area contributed by atoms with Gasteiger partial charge in [0.25, 0.3) is 0 Å². The summed E-state index contributed by atoms with van der Waals surface area (Å²) in [6, 6.07) is 11.6. The molecule has 1 aromatic heterocycles. The molecule has 0 spiro atoms. The second kappa shape index (κ2) is 9.63. The number of hydrogen-bond donors (Lipinski definition) is 3. The Hall–Kier alpha value is -3.36. The highest BCUT2D eigenvalue weighted by Crippen LogP contribution is 2.32. The zero-order valence-electron chi connectivity index (χ0n) is 15.8. The fourth-order valence-electron chi connectivity index (χ4n) is 2.95. The summed E-state index contributed by atoms with van der Waals surface area (Å²) in [6.07, 6.45) is 0.848. The number of rotatable bonds is 8. The maximum Gasteiger partial charge on any atom is 0.326 e. The van der Waals surface area contributed by atoms with E-state index in [1.807, 2.05) is 24.3 Å². The fourth-order valence-corrected chi connectivity index (χ4v) is 4.33. The lowest BCUT2D eigenvalue weighted by Gasteiger charge is -2.14. The summed E-state index contributed by atoms with van der Waals surface area (Å²) in [7, 11) is 0. The van der Waals surface area contributed by atoms with Crippen molar-refractivity contribution in [2.24, 2.45) is 0 Å². The first-order valence-electron chi connectivity index (χ1n) is 8.84. The molecule has 158 valence electrons. The number of thioether (sulfide) groups is 1. The van der Waals surface area contributed by atoms with Crippen molar-refractivity contribution in [2.45, 2.75) is 17.6 Å². The van der Waals surface area contributed by atoms with E-state index in [-0.39, 0.29) is 5.75 Å². The minimum atomic E-state index is -1.51. The van der Waals surface area contributed by atoms with E-state index >= 15 is 0 Å². The molecule has 0 fully saturated rings. The molecule has 2 aromatic carbocycles. The normalized spacial score (nSPS) is 11.6. The molecule has 1 amide bonds. The van der Waals surface area contributed by atoms with Gasteiger partial charge in [-0.2, -0.15) is 5.26 Å². The summed E-state index contributed by atoms with van der Waals surface area (Å²) < 4.78 is 2.40. The van der Waals surface area contributed by atoms with Crippen LogP contribution in [-0.4, -0.2) is 49.4 Å². The molecular weight excluding hydrogens is 488 g/mol. The Balaban J connectivity index is 1.86. The molecule has 0 saturated carbocycles. The molecule has 3 aromatic rings. The lowest BCUT2D eigenvalue weighted by Crippen LogP contribution is -2.43. The average Bonchev–Trinajstić information content (AvgIpc) is 3.10. The van der Waals surface area contributed by atoms with Crippen molar-refractivity contribution in [1.29, 1.82) is 5.26 Å². The predicted octanol–water partition coefficient (Wildman–Crippen LogP) is 2.80. The van der Waals surface area contributed by atoms with E-state index < -0.39 is 30.3 Å². The minimum Gasteiger partial charge on any atom is -0.481 e. The van der Waals surface area contributed by atoms with Crippen LogP contribution in [-0.2, 0) is 14.4 Å². The number of benzene rings is 2. The van der Waals surface area contributed by atoms with Crippen LogP contribution in [0.4, 0.5) is 0 Å². The summed E-state index contributed by atoms with van der Waals surface area (Å²) in [6.45, 7) is 0. The average molecular weight is 503 g/mol. The number of nitrogens with zero attached hydrogens (tertiary/aromatic N) is 3. The lowest BCUT2D eigenvalue weighted by molar-refractivity contribution is -0.147. The van der Waals surface area contributed by atoms with E-state index in [2.05, 4.69) is 32.3 Å². The molecule has 11 heteroatoms. The van der Waals surface area contributed by atoms with Crippen molar-refractivity contribution in [1.82, 2.24) is 14.9 Å². The smallest absolute Gasteiger partial charge is 0.326 e. The first-order chi connectivity index (χ1) is 14.8. The highest BCUT2D eigenvalue weighted by molar-refractivity contribution is 9.10. The molecule has 1 heterocycles. The van der Waals surface area contributed by atoms with Crippen LogP contribution in [0.1, 0.15) is 12.0 Å². The molecule has 3 N–H and O–H groups in total. The van der Waals surface area contributed by atoms with Gasteiger partial charge in [-0.05, 0) is 28.1 Å². The molecule has 0 saturated heterocycles. The van der Waals surface area contributed by atoms with E-state index in [0.717, 1.165) is 28.2 Å². The monoisotopic (exact) mass is 502 g/mol. The molecule has 1 unspecified atom stereocenters. The van der Waals surface area contributed by atoms with Gasteiger partial charge in [0, 0.05) is 10.8 Å². The molecular formula is C20H15BrN4O5S. The predicted molar refractivity (Wildman–Crippen MR) is 116 cm³/mol. The largest absolute Gasteiger partial charge is 0.481 e. The third-order valence-electron chi connectivity index (χ3n) is 4.29. The zero-order valence-corrected chi connectivity index (χ0v) is 18.2. The molecule has 0 radical (unpaired) electrons. The van der Waals surface area contributed by atoms with Crippen molar-refractivity contribution in [3.8, 4) is 11.8 Å². The molecule has 31 heavy (non-hydrogen) atoms. The van der Waals surface area contributed by atoms with Crippen LogP contribution in [0.15, 0.2) is 52.4 Å². The SMILES string of the molecule is N#Cc1ccc(-n2c(Br)cnc2SCC(=O)NC(CC(=O)O)C(=O)O)c2ccccc12. The van der Waals surface area contributed by atoms with Crippen LogP contribution in [0.25, 0.3) is 16.5 Å². The van der Waals surface area contributed by atoms with Gasteiger partial charge < -0.3 is 15.5 Å². The Labute approximate surface area is 188 Å². The van der Waals surface area contributed by atoms with Crippen LogP contribution < -0.4 is 5.32 Å². The molecule has 9 nitrogen and oxygen atoms in total. The van der Waals surface area contributed by atoms with E-state index in [4.69, 9.17) is 10.2 Å². The Bertz CT molecular complexity index is 1220. The van der Waals surface area contributed by atoms with Crippen molar-refractivity contribution >= 4 is 56.3 Å². The molecule has 0 bridgehead atoms. The number of nitriles is 1. The number of carbonyl (C=O) groups excluding carboxylic acids is 1. The molecule has 1 atom stereocenters. The Morgan fingerprint density at radius 1 is 1.19 bits per heavy atom. The number of carboxylic acid groups (broad SMARTS) is 2. The van der Waals surface area contributed by atoms with Crippen molar-refractivity contribution in [3.05, 3.63) is 52.8 Å². The van der Waals surface area contributed by atoms with Gasteiger partial charge in [0.15, 0.2) is 5.16 Å². The lowest BCUT2D eigenvalue weighted by atomic mass is 10.0. The third kappa shape index (κ3) is 5.04. The Morgan fingerprint density at radius 2 is 1.90 bits per heavy atom. The minimum absolute atomic E-state index is 0.166. The quantitative estimate of drug-likeness (QED) is 0.398. The zero-order chi connectivity index (χ0) is 22.5. The van der Waals surface area contributed by atoms with Gasteiger partial charge in [0.2, 0.25) is 5.91 Å². The van der Waals surface area contributed by atoms with Gasteiger partial charge in [0.1, 0.15) is 10.6 Å². The maximum absolute atomic E-state index is 12.2. The molecule has 0 aliphatic carbocycles. The number of carbonyl (C=O) groups is 3. The van der Waals surface area contributed by atoms with Crippen LogP contribution in [0.3, 0.4) is 0 Å². The number of nitrogens with one attached hydrogen (secondary N) is 1. The standard InChI is InChI=1S/C20H15BrN4O5S/c21-16-9-23-20(31-10-17(26)24-14(19(29)30)7-18(27)28)25(16)15-6-5-11(8-22)12-3-1-2-4-13(12)15/h1-6,9,14H,7,10H2,(H,24,26)(H,27,28)(H,29,30). The summed E-state index contributed by atoms with van der Waals surface area (Å²) >= 11 is 4.51. The maximum atomic E-state index is 12.2. The number of halogens is 1. The van der Waals surface area contributed by atoms with E-state index in [0.29, 0.717) is 15.3 Å². The van der Waals surface area contributed by atoms with Gasteiger partial charge in [-0.3, -0.25) is 14.2 Å². The van der Waals surface area contributed by atoms with Gasteiger partial charge in [-0.25, -0.2) is 9.78 Å². The number of imidazole rings is 1. The van der Waals surface area contributed by atoms with Crippen LogP contribution in [0, 0.1) is 11.3 Å². The van der Waals surface area contributed by atoms with Gasteiger partial charge in [-0.15, -0.1) is 0 Å². The van der Waals surface area contributed by atoms with Crippen molar-refractivity contribution < 1.29 is 24.6 Å². The second-order valence-electron chi connectivity index (χ2n) is 6.33. The van der Waals surface area contributed by atoms with Crippen LogP contribution >= 0.6 is 27.7 Å². The third-order valence-corrected chi connectivity index (χ3v) is 5.81. The Kier molecular flexibility index (Phi) is 6.94. The molecule has 0 aliphatic rings. The number of hydrogen-bond acceptors (Lipinski definition) is 6. The summed E-state index contributed by atoms with van der Waals surface area (Å²) in [5, 5.41) is 31.5. The molecule has 0 aliphatic heterocycles. The highest BCUT2D eigenvalue weighted by Gasteiger charge is 2.23. The van der Waals surface area contributed by atoms with Crippen molar-refractivity contribution in [3.63, 3.8) is 0 Å². The first kappa shape index (κ1) is 22.3. The van der Waals surface area contributed by atoms with Crippen molar-refractivity contribution in [2.75, 3.05) is 5.75 Å². The van der Waals surface area contributed by atoms with Crippen LogP contribution in [0.2, 0.25) is 0 Å². The number of fused-ring (bicyclic) bond motifs is 1. The van der Waals surface area contributed by atoms with Gasteiger partial charge >= 0.3 is 11.9 Å². The summed E-state index contributed by atoms with van der Waals surface area (Å²) in [5.41, 5.74) is 1.28. The topological polar surface area (TPSA) is 145 Å². The number of carboxylic acids is 2. The number of aliphatic carboxylic acids is 2. The first-order valence-corrected chi connectivity index (χ1v) is 10.6. The Morgan fingerprint density at radius 3 is 2.55 bits per heavy atom. The fraction of sp³-hybridized carbons (Fsp3) is 0.150.